The minimum absolute atomic E-state index is 0.0214. The van der Waals surface area contributed by atoms with E-state index < -0.39 is 16.0 Å². The predicted molar refractivity (Wildman–Crippen MR) is 105 cm³/mol. The van der Waals surface area contributed by atoms with Crippen LogP contribution in [0.4, 0.5) is 5.69 Å². The van der Waals surface area contributed by atoms with E-state index in [0.29, 0.717) is 17.9 Å². The molecule has 7 nitrogen and oxygen atoms in total. The lowest BCUT2D eigenvalue weighted by Crippen LogP contribution is -2.14. The predicted octanol–water partition coefficient (Wildman–Crippen LogP) is 3.14. The van der Waals surface area contributed by atoms with Gasteiger partial charge < -0.3 is 14.2 Å². The van der Waals surface area contributed by atoms with Gasteiger partial charge in [0.25, 0.3) is 0 Å². The summed E-state index contributed by atoms with van der Waals surface area (Å²) < 4.78 is 42.2. The molecule has 2 aromatic rings. The summed E-state index contributed by atoms with van der Waals surface area (Å²) in [6, 6.07) is 10.0. The first-order chi connectivity index (χ1) is 13.3. The van der Waals surface area contributed by atoms with Crippen molar-refractivity contribution in [3.05, 3.63) is 53.1 Å². The molecule has 8 heteroatoms. The van der Waals surface area contributed by atoms with E-state index in [0.717, 1.165) is 24.0 Å². The molecule has 28 heavy (non-hydrogen) atoms. The smallest absolute Gasteiger partial charge is 0.340 e. The number of hydrogen-bond acceptors (Lipinski definition) is 6. The number of carbonyl (C=O) groups excluding carboxylic acids is 1. The third-order valence-electron chi connectivity index (χ3n) is 4.18. The van der Waals surface area contributed by atoms with Gasteiger partial charge in [-0.1, -0.05) is 12.1 Å². The summed E-state index contributed by atoms with van der Waals surface area (Å²) >= 11 is 0. The van der Waals surface area contributed by atoms with Gasteiger partial charge in [0.2, 0.25) is 10.0 Å². The molecule has 0 aromatic heterocycles. The summed E-state index contributed by atoms with van der Waals surface area (Å²) in [5, 5.41) is 0. The third-order valence-corrected chi connectivity index (χ3v) is 4.77. The highest BCUT2D eigenvalue weighted by Crippen LogP contribution is 2.35. The van der Waals surface area contributed by atoms with E-state index in [-0.39, 0.29) is 24.0 Å². The molecule has 3 rings (SSSR count). The average Bonchev–Trinajstić information content (AvgIpc) is 2.97. The second-order valence-corrected chi connectivity index (χ2v) is 8.38. The van der Waals surface area contributed by atoms with E-state index in [1.807, 2.05) is 26.0 Å². The molecule has 150 valence electrons. The van der Waals surface area contributed by atoms with Gasteiger partial charge in [0.05, 0.1) is 24.1 Å². The van der Waals surface area contributed by atoms with Gasteiger partial charge in [0, 0.05) is 17.5 Å². The molecule has 1 aliphatic rings. The molecular weight excluding hydrogens is 382 g/mol. The first-order valence-corrected chi connectivity index (χ1v) is 10.8. The highest BCUT2D eigenvalue weighted by molar-refractivity contribution is 7.92. The first kappa shape index (κ1) is 20.0. The van der Waals surface area contributed by atoms with Crippen LogP contribution in [0.1, 0.15) is 35.3 Å². The van der Waals surface area contributed by atoms with Crippen molar-refractivity contribution in [3.8, 4) is 11.5 Å². The maximum Gasteiger partial charge on any atom is 0.340 e. The molecule has 1 N–H and O–H groups in total. The van der Waals surface area contributed by atoms with Crippen LogP contribution in [-0.2, 0) is 27.8 Å². The van der Waals surface area contributed by atoms with Crippen LogP contribution in [0.15, 0.2) is 36.4 Å². The number of anilines is 1. The van der Waals surface area contributed by atoms with E-state index in [1.54, 1.807) is 12.1 Å². The van der Waals surface area contributed by atoms with Crippen LogP contribution >= 0.6 is 0 Å². The largest absolute Gasteiger partial charge is 0.493 e. The van der Waals surface area contributed by atoms with Crippen LogP contribution in [-0.4, -0.2) is 33.4 Å². The Morgan fingerprint density at radius 1 is 1.29 bits per heavy atom. The molecular formula is C20H23NO6S. The molecule has 0 unspecified atom stereocenters. The summed E-state index contributed by atoms with van der Waals surface area (Å²) in [6.07, 6.45) is 1.92. The van der Waals surface area contributed by atoms with Gasteiger partial charge in [0.15, 0.2) is 0 Å². The Bertz CT molecular complexity index is 986. The van der Waals surface area contributed by atoms with Crippen molar-refractivity contribution in [1.29, 1.82) is 0 Å². The fourth-order valence-corrected chi connectivity index (χ4v) is 3.63. The number of carbonyl (C=O) groups is 1. The first-order valence-electron chi connectivity index (χ1n) is 8.96. The fraction of sp³-hybridized carbons (Fsp3) is 0.350. The molecule has 0 spiro atoms. The standard InChI is InChI=1S/C20H23NO6S/c1-4-25-18-10-14-9-13(2)27-19(14)11-15(18)12-26-20(22)16-7-5-6-8-17(16)21-28(3,23)24/h5-8,10-11,13,21H,4,9,12H2,1-3H3/t13-/m0/s1. The second-order valence-electron chi connectivity index (χ2n) is 6.63. The molecule has 0 radical (unpaired) electrons. The Morgan fingerprint density at radius 3 is 2.75 bits per heavy atom. The third kappa shape index (κ3) is 4.75. The zero-order chi connectivity index (χ0) is 20.3. The maximum absolute atomic E-state index is 12.6. The lowest BCUT2D eigenvalue weighted by molar-refractivity contribution is 0.0470. The summed E-state index contributed by atoms with van der Waals surface area (Å²) in [7, 11) is -3.52. The molecule has 0 amide bonds. The van der Waals surface area contributed by atoms with Gasteiger partial charge >= 0.3 is 5.97 Å². The Hall–Kier alpha value is -2.74. The number of benzene rings is 2. The minimum Gasteiger partial charge on any atom is -0.493 e. The van der Waals surface area contributed by atoms with Crippen LogP contribution in [0, 0.1) is 0 Å². The molecule has 1 atom stereocenters. The summed E-state index contributed by atoms with van der Waals surface area (Å²) in [4.78, 5) is 12.6. The highest BCUT2D eigenvalue weighted by Gasteiger charge is 2.23. The van der Waals surface area contributed by atoms with E-state index in [1.165, 1.54) is 12.1 Å². The molecule has 1 aliphatic heterocycles. The van der Waals surface area contributed by atoms with Gasteiger partial charge in [-0.25, -0.2) is 13.2 Å². The molecule has 2 aromatic carbocycles. The van der Waals surface area contributed by atoms with Crippen LogP contribution in [0.5, 0.6) is 11.5 Å². The zero-order valence-corrected chi connectivity index (χ0v) is 16.8. The number of ether oxygens (including phenoxy) is 3. The summed E-state index contributed by atoms with van der Waals surface area (Å²) in [6.45, 7) is 4.34. The molecule has 0 saturated carbocycles. The maximum atomic E-state index is 12.6. The van der Waals surface area contributed by atoms with Gasteiger partial charge in [-0.2, -0.15) is 0 Å². The highest BCUT2D eigenvalue weighted by atomic mass is 32.2. The monoisotopic (exact) mass is 405 g/mol. The topological polar surface area (TPSA) is 90.9 Å². The number of sulfonamides is 1. The van der Waals surface area contributed by atoms with E-state index in [2.05, 4.69) is 4.72 Å². The number of rotatable bonds is 7. The Kier molecular flexibility index (Phi) is 5.79. The van der Waals surface area contributed by atoms with Crippen LogP contribution in [0.25, 0.3) is 0 Å². The van der Waals surface area contributed by atoms with Crippen LogP contribution in [0.2, 0.25) is 0 Å². The normalized spacial score (nSPS) is 15.5. The Morgan fingerprint density at radius 2 is 2.04 bits per heavy atom. The fourth-order valence-electron chi connectivity index (χ4n) is 3.06. The van der Waals surface area contributed by atoms with Crippen molar-refractivity contribution in [2.24, 2.45) is 0 Å². The van der Waals surface area contributed by atoms with Crippen molar-refractivity contribution < 1.29 is 27.4 Å². The van der Waals surface area contributed by atoms with E-state index in [9.17, 15) is 13.2 Å². The summed E-state index contributed by atoms with van der Waals surface area (Å²) in [5.74, 6) is 0.777. The Labute approximate surface area is 164 Å². The van der Waals surface area contributed by atoms with Crippen molar-refractivity contribution in [2.45, 2.75) is 33.0 Å². The Balaban J connectivity index is 1.79. The van der Waals surface area contributed by atoms with Crippen LogP contribution < -0.4 is 14.2 Å². The molecule has 0 bridgehead atoms. The van der Waals surface area contributed by atoms with Gasteiger partial charge in [-0.05, 0) is 38.1 Å². The number of nitrogens with one attached hydrogen (secondary N) is 1. The van der Waals surface area contributed by atoms with Gasteiger partial charge in [-0.3, -0.25) is 4.72 Å². The summed E-state index contributed by atoms with van der Waals surface area (Å²) in [5.41, 5.74) is 2.06. The molecule has 1 heterocycles. The van der Waals surface area contributed by atoms with Crippen molar-refractivity contribution >= 4 is 21.7 Å². The average molecular weight is 405 g/mol. The van der Waals surface area contributed by atoms with Crippen molar-refractivity contribution in [1.82, 2.24) is 0 Å². The second kappa shape index (κ2) is 8.10. The molecule has 0 saturated heterocycles. The zero-order valence-electron chi connectivity index (χ0n) is 16.0. The molecule has 0 aliphatic carbocycles. The minimum atomic E-state index is -3.52. The number of hydrogen-bond donors (Lipinski definition) is 1. The van der Waals surface area contributed by atoms with E-state index in [4.69, 9.17) is 14.2 Å². The van der Waals surface area contributed by atoms with Gasteiger partial charge in [-0.15, -0.1) is 0 Å². The quantitative estimate of drug-likeness (QED) is 0.712. The SMILES string of the molecule is CCOc1cc2c(cc1COC(=O)c1ccccc1NS(C)(=O)=O)O[C@@H](C)C2. The lowest BCUT2D eigenvalue weighted by atomic mass is 10.1. The van der Waals surface area contributed by atoms with Gasteiger partial charge in [0.1, 0.15) is 24.2 Å². The van der Waals surface area contributed by atoms with Crippen molar-refractivity contribution in [2.75, 3.05) is 17.6 Å². The van der Waals surface area contributed by atoms with Crippen LogP contribution in [0.3, 0.4) is 0 Å². The number of para-hydroxylation sites is 1. The number of esters is 1. The van der Waals surface area contributed by atoms with Crippen molar-refractivity contribution in [3.63, 3.8) is 0 Å². The molecule has 0 fully saturated rings. The number of fused-ring (bicyclic) bond motifs is 1. The lowest BCUT2D eigenvalue weighted by Gasteiger charge is -2.14. The van der Waals surface area contributed by atoms with E-state index >= 15 is 0 Å².